The van der Waals surface area contributed by atoms with Gasteiger partial charge < -0.3 is 9.84 Å². The van der Waals surface area contributed by atoms with Crippen LogP contribution in [-0.4, -0.2) is 20.9 Å². The fraction of sp³-hybridized carbons (Fsp3) is 0. The van der Waals surface area contributed by atoms with E-state index in [4.69, 9.17) is 5.11 Å². The van der Waals surface area contributed by atoms with E-state index in [0.29, 0.717) is 5.52 Å². The van der Waals surface area contributed by atoms with Crippen molar-refractivity contribution in [2.24, 2.45) is 0 Å². The van der Waals surface area contributed by atoms with Crippen LogP contribution in [0.15, 0.2) is 24.4 Å². The molecule has 5 nitrogen and oxygen atoms in total. The molecule has 1 N–H and O–H groups in total. The van der Waals surface area contributed by atoms with Gasteiger partial charge in [0.05, 0.1) is 11.7 Å². The minimum atomic E-state index is -1.45. The van der Waals surface area contributed by atoms with Crippen molar-refractivity contribution in [3.8, 4) is 5.88 Å². The molecule has 0 radical (unpaired) electrons. The number of halogens is 1. The molecule has 0 aliphatic heterocycles. The third-order valence-electron chi connectivity index (χ3n) is 1.59. The van der Waals surface area contributed by atoms with Gasteiger partial charge in [0.2, 0.25) is 5.88 Å². The molecule has 2 rings (SSSR count). The normalized spacial score (nSPS) is 10.4. The van der Waals surface area contributed by atoms with Crippen LogP contribution in [0.1, 0.15) is 0 Å². The van der Waals surface area contributed by atoms with E-state index >= 15 is 0 Å². The number of rotatable bonds is 1. The lowest BCUT2D eigenvalue weighted by molar-refractivity contribution is 0.142. The zero-order valence-corrected chi connectivity index (χ0v) is 6.85. The van der Waals surface area contributed by atoms with E-state index in [1.54, 1.807) is 0 Å². The molecule has 2 aromatic heterocycles. The average molecular weight is 196 g/mol. The largest absolute Gasteiger partial charge is 0.512 e. The van der Waals surface area contributed by atoms with Crippen molar-refractivity contribution in [3.63, 3.8) is 0 Å². The van der Waals surface area contributed by atoms with Crippen molar-refractivity contribution < 1.29 is 19.0 Å². The van der Waals surface area contributed by atoms with E-state index < -0.39 is 12.0 Å². The van der Waals surface area contributed by atoms with Crippen LogP contribution in [0.5, 0.6) is 5.88 Å². The maximum Gasteiger partial charge on any atom is 0.512 e. The number of aromatic nitrogens is 2. The highest BCUT2D eigenvalue weighted by molar-refractivity contribution is 5.61. The van der Waals surface area contributed by atoms with Gasteiger partial charge in [-0.1, -0.05) is 0 Å². The quantitative estimate of drug-likeness (QED) is 0.702. The summed E-state index contributed by atoms with van der Waals surface area (Å²) in [6.07, 6.45) is -0.321. The van der Waals surface area contributed by atoms with Gasteiger partial charge in [-0.15, -0.1) is 5.10 Å². The van der Waals surface area contributed by atoms with Crippen LogP contribution < -0.4 is 4.74 Å². The van der Waals surface area contributed by atoms with E-state index in [1.165, 1.54) is 22.7 Å². The summed E-state index contributed by atoms with van der Waals surface area (Å²) in [6.45, 7) is 0. The number of fused-ring (bicyclic) bond motifs is 1. The Kier molecular flexibility index (Phi) is 1.81. The molecule has 0 aliphatic rings. The van der Waals surface area contributed by atoms with Crippen LogP contribution >= 0.6 is 0 Å². The van der Waals surface area contributed by atoms with Crippen molar-refractivity contribution in [2.45, 2.75) is 0 Å². The second-order valence-electron chi connectivity index (χ2n) is 2.57. The molecule has 0 spiro atoms. The van der Waals surface area contributed by atoms with Gasteiger partial charge in [0, 0.05) is 6.07 Å². The molecule has 72 valence electrons. The molecule has 6 heteroatoms. The predicted octanol–water partition coefficient (Wildman–Crippen LogP) is 1.53. The van der Waals surface area contributed by atoms with Gasteiger partial charge in [-0.2, -0.15) is 0 Å². The number of carbonyl (C=O) groups is 1. The molecule has 0 aromatic carbocycles. The SMILES string of the molecule is O=C(O)Oc1cc2ccc(F)cn2n1. The summed E-state index contributed by atoms with van der Waals surface area (Å²) in [7, 11) is 0. The maximum atomic E-state index is 12.7. The van der Waals surface area contributed by atoms with E-state index in [1.807, 2.05) is 0 Å². The second kappa shape index (κ2) is 2.99. The van der Waals surface area contributed by atoms with Gasteiger partial charge in [-0.25, -0.2) is 13.7 Å². The van der Waals surface area contributed by atoms with Crippen LogP contribution in [-0.2, 0) is 0 Å². The summed E-state index contributed by atoms with van der Waals surface area (Å²) >= 11 is 0. The molecular weight excluding hydrogens is 191 g/mol. The molecule has 2 heterocycles. The monoisotopic (exact) mass is 196 g/mol. The number of nitrogens with zero attached hydrogens (tertiary/aromatic N) is 2. The highest BCUT2D eigenvalue weighted by Gasteiger charge is 2.06. The lowest BCUT2D eigenvalue weighted by Gasteiger charge is -1.91. The van der Waals surface area contributed by atoms with Crippen LogP contribution in [0.4, 0.5) is 9.18 Å². The molecule has 14 heavy (non-hydrogen) atoms. The molecule has 0 unspecified atom stereocenters. The first-order valence-electron chi connectivity index (χ1n) is 3.71. The topological polar surface area (TPSA) is 63.8 Å². The van der Waals surface area contributed by atoms with E-state index in [0.717, 1.165) is 6.20 Å². The summed E-state index contributed by atoms with van der Waals surface area (Å²) in [5.41, 5.74) is 0.558. The average Bonchev–Trinajstić information content (AvgIpc) is 2.44. The number of carboxylic acid groups (broad SMARTS) is 1. The Bertz CT molecular complexity index is 494. The molecule has 0 bridgehead atoms. The van der Waals surface area contributed by atoms with Crippen molar-refractivity contribution in [1.82, 2.24) is 9.61 Å². The molecule has 0 amide bonds. The Morgan fingerprint density at radius 1 is 1.57 bits per heavy atom. The van der Waals surface area contributed by atoms with Crippen molar-refractivity contribution >= 4 is 11.7 Å². The van der Waals surface area contributed by atoms with Crippen molar-refractivity contribution in [1.29, 1.82) is 0 Å². The highest BCUT2D eigenvalue weighted by atomic mass is 19.1. The van der Waals surface area contributed by atoms with Crippen LogP contribution in [0.3, 0.4) is 0 Å². The maximum absolute atomic E-state index is 12.7. The second-order valence-corrected chi connectivity index (χ2v) is 2.57. The van der Waals surface area contributed by atoms with Gasteiger partial charge in [0.25, 0.3) is 0 Å². The minimum absolute atomic E-state index is 0.0805. The van der Waals surface area contributed by atoms with Crippen LogP contribution in [0.2, 0.25) is 0 Å². The molecule has 0 atom stereocenters. The Morgan fingerprint density at radius 2 is 2.36 bits per heavy atom. The van der Waals surface area contributed by atoms with Gasteiger partial charge in [0.15, 0.2) is 0 Å². The van der Waals surface area contributed by atoms with Gasteiger partial charge in [-0.05, 0) is 12.1 Å². The molecule has 2 aromatic rings. The molecule has 0 saturated heterocycles. The summed E-state index contributed by atoms with van der Waals surface area (Å²) in [6, 6.07) is 4.12. The van der Waals surface area contributed by atoms with Gasteiger partial charge >= 0.3 is 6.16 Å². The Balaban J connectivity index is 2.46. The van der Waals surface area contributed by atoms with E-state index in [-0.39, 0.29) is 5.88 Å². The summed E-state index contributed by atoms with van der Waals surface area (Å²) < 4.78 is 18.2. The van der Waals surface area contributed by atoms with Gasteiger partial charge in [0.1, 0.15) is 5.82 Å². The fourth-order valence-electron chi connectivity index (χ4n) is 1.08. The van der Waals surface area contributed by atoms with Crippen LogP contribution in [0.25, 0.3) is 5.52 Å². The summed E-state index contributed by atoms with van der Waals surface area (Å²) in [5.74, 6) is -0.537. The molecular formula is C8H5FN2O3. The fourth-order valence-corrected chi connectivity index (χ4v) is 1.08. The summed E-state index contributed by atoms with van der Waals surface area (Å²) in [4.78, 5) is 10.2. The number of hydrogen-bond acceptors (Lipinski definition) is 3. The number of pyridine rings is 1. The highest BCUT2D eigenvalue weighted by Crippen LogP contribution is 2.13. The zero-order valence-electron chi connectivity index (χ0n) is 6.85. The molecule has 0 fully saturated rings. The van der Waals surface area contributed by atoms with Crippen LogP contribution in [0, 0.1) is 5.82 Å². The third-order valence-corrected chi connectivity index (χ3v) is 1.59. The van der Waals surface area contributed by atoms with Gasteiger partial charge in [-0.3, -0.25) is 0 Å². The molecule has 0 saturated carbocycles. The first-order valence-corrected chi connectivity index (χ1v) is 3.71. The lowest BCUT2D eigenvalue weighted by Crippen LogP contribution is -2.03. The van der Waals surface area contributed by atoms with E-state index in [9.17, 15) is 9.18 Å². The first kappa shape index (κ1) is 8.49. The Labute approximate surface area is 77.3 Å². The van der Waals surface area contributed by atoms with E-state index in [2.05, 4.69) is 9.84 Å². The zero-order chi connectivity index (χ0) is 10.1. The number of ether oxygens (including phenoxy) is 1. The first-order chi connectivity index (χ1) is 6.65. The standard InChI is InChI=1S/C8H5FN2O3/c9-5-1-2-6-3-7(14-8(12)13)10-11(6)4-5/h1-4H,(H,12,13). The Morgan fingerprint density at radius 3 is 3.07 bits per heavy atom. The lowest BCUT2D eigenvalue weighted by atomic mass is 10.4. The predicted molar refractivity (Wildman–Crippen MR) is 43.8 cm³/mol. The minimum Gasteiger partial charge on any atom is -0.449 e. The smallest absolute Gasteiger partial charge is 0.449 e. The summed E-state index contributed by atoms with van der Waals surface area (Å²) in [5, 5.41) is 12.0. The molecule has 0 aliphatic carbocycles. The van der Waals surface area contributed by atoms with Crippen molar-refractivity contribution in [3.05, 3.63) is 30.2 Å². The number of hydrogen-bond donors (Lipinski definition) is 1. The Hall–Kier alpha value is -2.11. The van der Waals surface area contributed by atoms with Crippen molar-refractivity contribution in [2.75, 3.05) is 0 Å². The third kappa shape index (κ3) is 1.49.